The van der Waals surface area contributed by atoms with Crippen LogP contribution in [0.3, 0.4) is 0 Å². The molecule has 0 bridgehead atoms. The first-order chi connectivity index (χ1) is 8.72. The SMILES string of the molecule is CC1(C)CCC[C@@]2(C)[C@H]1[C@H](O)C=C1C(=O)OC[C@@]12O. The van der Waals surface area contributed by atoms with Crippen LogP contribution in [0, 0.1) is 16.7 Å². The highest BCUT2D eigenvalue weighted by Gasteiger charge is 2.66. The van der Waals surface area contributed by atoms with Gasteiger partial charge in [-0.05, 0) is 24.3 Å². The predicted molar refractivity (Wildman–Crippen MR) is 69.2 cm³/mol. The van der Waals surface area contributed by atoms with Crippen molar-refractivity contribution in [2.45, 2.75) is 51.7 Å². The van der Waals surface area contributed by atoms with Crippen LogP contribution >= 0.6 is 0 Å². The van der Waals surface area contributed by atoms with Crippen molar-refractivity contribution in [3.63, 3.8) is 0 Å². The van der Waals surface area contributed by atoms with Crippen LogP contribution in [-0.4, -0.2) is 34.5 Å². The highest BCUT2D eigenvalue weighted by Crippen LogP contribution is 2.62. The quantitative estimate of drug-likeness (QED) is 0.651. The third-order valence-corrected chi connectivity index (χ3v) is 5.75. The lowest BCUT2D eigenvalue weighted by Crippen LogP contribution is -2.63. The van der Waals surface area contributed by atoms with Crippen LogP contribution in [0.15, 0.2) is 11.6 Å². The van der Waals surface area contributed by atoms with Crippen LogP contribution in [0.25, 0.3) is 0 Å². The van der Waals surface area contributed by atoms with Crippen molar-refractivity contribution in [1.29, 1.82) is 0 Å². The Balaban J connectivity index is 2.18. The minimum atomic E-state index is -1.24. The summed E-state index contributed by atoms with van der Waals surface area (Å²) < 4.78 is 5.07. The summed E-state index contributed by atoms with van der Waals surface area (Å²) in [4.78, 5) is 11.8. The summed E-state index contributed by atoms with van der Waals surface area (Å²) in [5.41, 5.74) is -1.55. The highest BCUT2D eigenvalue weighted by atomic mass is 16.6. The predicted octanol–water partition coefficient (Wildman–Crippen LogP) is 1.41. The van der Waals surface area contributed by atoms with E-state index in [1.165, 1.54) is 6.08 Å². The van der Waals surface area contributed by atoms with E-state index in [0.717, 1.165) is 19.3 Å². The average molecular weight is 266 g/mol. The molecule has 3 aliphatic rings. The van der Waals surface area contributed by atoms with E-state index in [9.17, 15) is 15.0 Å². The lowest BCUT2D eigenvalue weighted by atomic mass is 9.46. The van der Waals surface area contributed by atoms with Crippen LogP contribution in [0.2, 0.25) is 0 Å². The van der Waals surface area contributed by atoms with Crippen molar-refractivity contribution in [1.82, 2.24) is 0 Å². The fraction of sp³-hybridized carbons (Fsp3) is 0.800. The molecule has 2 N–H and O–H groups in total. The van der Waals surface area contributed by atoms with E-state index >= 15 is 0 Å². The Kier molecular flexibility index (Phi) is 2.50. The third kappa shape index (κ3) is 1.44. The van der Waals surface area contributed by atoms with E-state index in [2.05, 4.69) is 13.8 Å². The van der Waals surface area contributed by atoms with Crippen LogP contribution in [0.4, 0.5) is 0 Å². The van der Waals surface area contributed by atoms with Crippen LogP contribution in [-0.2, 0) is 9.53 Å². The van der Waals surface area contributed by atoms with Crippen molar-refractivity contribution in [2.75, 3.05) is 6.61 Å². The minimum Gasteiger partial charge on any atom is -0.459 e. The van der Waals surface area contributed by atoms with Gasteiger partial charge in [0, 0.05) is 11.3 Å². The Morgan fingerprint density at radius 2 is 2.00 bits per heavy atom. The molecule has 0 aromatic heterocycles. The maximum absolute atomic E-state index is 11.8. The second-order valence-electron chi connectivity index (χ2n) is 7.24. The van der Waals surface area contributed by atoms with Gasteiger partial charge in [0.1, 0.15) is 12.2 Å². The monoisotopic (exact) mass is 266 g/mol. The molecule has 1 saturated carbocycles. The van der Waals surface area contributed by atoms with E-state index in [1.54, 1.807) is 0 Å². The molecule has 2 aliphatic carbocycles. The van der Waals surface area contributed by atoms with Crippen molar-refractivity contribution in [2.24, 2.45) is 16.7 Å². The fourth-order valence-electron chi connectivity index (χ4n) is 4.83. The molecule has 0 aromatic carbocycles. The summed E-state index contributed by atoms with van der Waals surface area (Å²) >= 11 is 0. The van der Waals surface area contributed by atoms with E-state index in [1.807, 2.05) is 6.92 Å². The molecule has 1 saturated heterocycles. The molecule has 4 atom stereocenters. The van der Waals surface area contributed by atoms with Crippen LogP contribution < -0.4 is 0 Å². The molecule has 4 nitrogen and oxygen atoms in total. The topological polar surface area (TPSA) is 66.8 Å². The van der Waals surface area contributed by atoms with Gasteiger partial charge in [-0.2, -0.15) is 0 Å². The molecule has 19 heavy (non-hydrogen) atoms. The first-order valence-electron chi connectivity index (χ1n) is 7.02. The number of hydrogen-bond acceptors (Lipinski definition) is 4. The van der Waals surface area contributed by atoms with Crippen molar-refractivity contribution in [3.8, 4) is 0 Å². The summed E-state index contributed by atoms with van der Waals surface area (Å²) in [6.07, 6.45) is 3.66. The molecule has 1 aliphatic heterocycles. The first kappa shape index (κ1) is 13.1. The Morgan fingerprint density at radius 3 is 2.68 bits per heavy atom. The number of ether oxygens (including phenoxy) is 1. The molecule has 4 heteroatoms. The molecule has 0 radical (unpaired) electrons. The molecular formula is C15H22O4. The normalized spacial score (nSPS) is 48.1. The number of rotatable bonds is 0. The Hall–Kier alpha value is -0.870. The lowest BCUT2D eigenvalue weighted by molar-refractivity contribution is -0.172. The van der Waals surface area contributed by atoms with Gasteiger partial charge in [0.2, 0.25) is 0 Å². The van der Waals surface area contributed by atoms with E-state index in [4.69, 9.17) is 4.74 Å². The Labute approximate surface area is 113 Å². The maximum atomic E-state index is 11.8. The second-order valence-corrected chi connectivity index (χ2v) is 7.24. The van der Waals surface area contributed by atoms with E-state index in [0.29, 0.717) is 0 Å². The van der Waals surface area contributed by atoms with Crippen molar-refractivity contribution in [3.05, 3.63) is 11.6 Å². The molecule has 0 amide bonds. The number of fused-ring (bicyclic) bond motifs is 3. The highest BCUT2D eigenvalue weighted by molar-refractivity contribution is 5.94. The zero-order valence-electron chi connectivity index (χ0n) is 11.8. The zero-order valence-corrected chi connectivity index (χ0v) is 11.8. The van der Waals surface area contributed by atoms with Gasteiger partial charge in [0.15, 0.2) is 0 Å². The number of esters is 1. The van der Waals surface area contributed by atoms with E-state index in [-0.39, 0.29) is 23.5 Å². The number of cyclic esters (lactones) is 1. The average Bonchev–Trinajstić information content (AvgIpc) is 2.57. The maximum Gasteiger partial charge on any atom is 0.336 e. The number of aliphatic hydroxyl groups is 2. The van der Waals surface area contributed by atoms with Gasteiger partial charge in [-0.1, -0.05) is 27.2 Å². The molecule has 3 rings (SSSR count). The van der Waals surface area contributed by atoms with Gasteiger partial charge in [-0.3, -0.25) is 0 Å². The molecule has 0 aromatic rings. The van der Waals surface area contributed by atoms with Crippen molar-refractivity contribution < 1.29 is 19.7 Å². The largest absolute Gasteiger partial charge is 0.459 e. The summed E-state index contributed by atoms with van der Waals surface area (Å²) in [5.74, 6) is -0.540. The number of carbonyl (C=O) groups is 1. The minimum absolute atomic E-state index is 0.0213. The summed E-state index contributed by atoms with van der Waals surface area (Å²) in [7, 11) is 0. The van der Waals surface area contributed by atoms with Gasteiger partial charge >= 0.3 is 5.97 Å². The summed E-state index contributed by atoms with van der Waals surface area (Å²) in [6, 6.07) is 0. The number of hydrogen-bond donors (Lipinski definition) is 2. The van der Waals surface area contributed by atoms with Gasteiger partial charge in [-0.15, -0.1) is 0 Å². The molecular weight excluding hydrogens is 244 g/mol. The van der Waals surface area contributed by atoms with Gasteiger partial charge in [-0.25, -0.2) is 4.79 Å². The van der Waals surface area contributed by atoms with Crippen molar-refractivity contribution >= 4 is 5.97 Å². The molecule has 0 spiro atoms. The standard InChI is InChI=1S/C15H22O4/c1-13(2)5-4-6-14(3)11(13)10(16)7-9-12(17)19-8-15(9,14)18/h7,10-11,16,18H,4-6,8H2,1-3H3/t10-,11+,14+,15-/m1/s1. The fourth-order valence-corrected chi connectivity index (χ4v) is 4.83. The van der Waals surface area contributed by atoms with E-state index < -0.39 is 23.1 Å². The summed E-state index contributed by atoms with van der Waals surface area (Å²) in [5, 5.41) is 21.5. The third-order valence-electron chi connectivity index (χ3n) is 5.75. The summed E-state index contributed by atoms with van der Waals surface area (Å²) in [6.45, 7) is 6.29. The van der Waals surface area contributed by atoms with Gasteiger partial charge in [0.05, 0.1) is 11.7 Å². The first-order valence-corrected chi connectivity index (χ1v) is 7.02. The lowest BCUT2D eigenvalue weighted by Gasteiger charge is -2.59. The molecule has 1 heterocycles. The Bertz CT molecular complexity index is 467. The smallest absolute Gasteiger partial charge is 0.336 e. The van der Waals surface area contributed by atoms with Crippen LogP contribution in [0.1, 0.15) is 40.0 Å². The molecule has 106 valence electrons. The van der Waals surface area contributed by atoms with Crippen LogP contribution in [0.5, 0.6) is 0 Å². The zero-order chi connectivity index (χ0) is 14.1. The Morgan fingerprint density at radius 1 is 1.32 bits per heavy atom. The number of carbonyl (C=O) groups excluding carboxylic acids is 1. The van der Waals surface area contributed by atoms with Gasteiger partial charge < -0.3 is 14.9 Å². The van der Waals surface area contributed by atoms with Gasteiger partial charge in [0.25, 0.3) is 0 Å². The second kappa shape index (κ2) is 3.61. The number of aliphatic hydroxyl groups excluding tert-OH is 1. The molecule has 2 fully saturated rings. The molecule has 0 unspecified atom stereocenters.